The second-order valence-corrected chi connectivity index (χ2v) is 25.3. The SMILES string of the molecule is CN(C)CCNC(=O)c1ccc(-c2nc3cnccn3c2Nc2ccc3c(c2)CCC3=NO)cc1.CN(C)CCNC(=O)c1ccc(C=O)cc1.Nc1cnccn1.[C-]#[N+]c1ccc2c(c1)CCC2=NO[Si](C)(C)C(C)(C)C. The molecule has 0 fully saturated rings. The molecule has 0 spiro atoms. The van der Waals surface area contributed by atoms with Gasteiger partial charge >= 0.3 is 0 Å². The second kappa shape index (κ2) is 27.4. The number of fused-ring (bicyclic) bond motifs is 3. The molecule has 3 heterocycles. The highest BCUT2D eigenvalue weighted by molar-refractivity contribution is 6.74. The fraction of sp³-hybridized carbons (Fsp3) is 0.310. The minimum absolute atomic E-state index is 0.0973. The molecule has 9 rings (SSSR count). The summed E-state index contributed by atoms with van der Waals surface area (Å²) in [5.74, 6) is 1.06. The highest BCUT2D eigenvalue weighted by atomic mass is 28.4. The standard InChI is InChI=1S/C26H27N7O2.C16H22N2OSi.C12H16N2O2.C4H5N3/c1-32(2)13-12-28-26(34)18-5-3-17(4-6-18)24-25(33-14-11-27-16-23(33)30-24)29-20-8-9-21-19(15-20)7-10-22(21)31-35;1-16(2,3)20(5,6)19-18-15-10-7-12-11-13(17-4)8-9-14(12)15;1-14(2)8-7-13-12(16)11-5-3-10(9-15)4-6-11;5-4-3-6-1-2-7-4/h3-6,8-9,11,14-16,29,35H,7,10,12-13H2,1-2H3,(H,28,34);8-9,11H,7,10H2,1-3,5-6H3;3-6,9H,7-8H2,1-2H3,(H,13,16);1-3H,(H2,5,7). The summed E-state index contributed by atoms with van der Waals surface area (Å²) in [6.45, 7) is 20.9. The van der Waals surface area contributed by atoms with Crippen LogP contribution >= 0.6 is 0 Å². The maximum Gasteiger partial charge on any atom is 0.286 e. The van der Waals surface area contributed by atoms with Gasteiger partial charge in [0.25, 0.3) is 20.1 Å². The van der Waals surface area contributed by atoms with Crippen LogP contribution in [0.4, 0.5) is 23.0 Å². The molecule has 0 atom stereocenters. The number of aromatic nitrogens is 5. The van der Waals surface area contributed by atoms with Crippen molar-refractivity contribution in [3.8, 4) is 11.3 Å². The van der Waals surface area contributed by atoms with Crippen molar-refractivity contribution in [3.63, 3.8) is 0 Å². The highest BCUT2D eigenvalue weighted by Gasteiger charge is 2.40. The number of nitrogens with zero attached hydrogens (tertiary/aromatic N) is 10. The molecule has 2 amide bonds. The smallest absolute Gasteiger partial charge is 0.286 e. The summed E-state index contributed by atoms with van der Waals surface area (Å²) in [5.41, 5.74) is 17.2. The number of likely N-dealkylation sites (N-methyl/N-ethyl adjacent to an activating group) is 2. The topological polar surface area (TPSA) is 234 Å². The largest absolute Gasteiger partial charge is 0.455 e. The van der Waals surface area contributed by atoms with E-state index in [0.29, 0.717) is 46.9 Å². The van der Waals surface area contributed by atoms with Crippen LogP contribution in [0.15, 0.2) is 132 Å². The summed E-state index contributed by atoms with van der Waals surface area (Å²) >= 11 is 0. The van der Waals surface area contributed by atoms with Gasteiger partial charge in [0.15, 0.2) is 11.3 Å². The number of nitrogens with one attached hydrogen (secondary N) is 3. The number of amides is 2. The van der Waals surface area contributed by atoms with E-state index in [2.05, 4.69) is 86.0 Å². The van der Waals surface area contributed by atoms with Crippen LogP contribution in [-0.4, -0.2) is 132 Å². The van der Waals surface area contributed by atoms with Crippen molar-refractivity contribution in [1.82, 2.24) is 44.8 Å². The number of aldehydes is 1. The van der Waals surface area contributed by atoms with Crippen molar-refractivity contribution in [2.24, 2.45) is 10.3 Å². The number of oxime groups is 2. The lowest BCUT2D eigenvalue weighted by molar-refractivity contribution is 0.0942. The van der Waals surface area contributed by atoms with Crippen LogP contribution in [0, 0.1) is 6.57 Å². The number of nitrogen functional groups attached to an aromatic ring is 1. The van der Waals surface area contributed by atoms with Crippen LogP contribution in [0.3, 0.4) is 0 Å². The number of benzene rings is 4. The Morgan fingerprint density at radius 2 is 1.40 bits per heavy atom. The minimum atomic E-state index is -1.85. The lowest BCUT2D eigenvalue weighted by Crippen LogP contribution is -2.39. The zero-order chi connectivity index (χ0) is 56.4. The lowest BCUT2D eigenvalue weighted by atomic mass is 10.1. The summed E-state index contributed by atoms with van der Waals surface area (Å²) in [6.07, 6.45) is 14.1. The first kappa shape index (κ1) is 58.6. The van der Waals surface area contributed by atoms with Crippen LogP contribution < -0.4 is 21.7 Å². The maximum atomic E-state index is 12.5. The van der Waals surface area contributed by atoms with E-state index >= 15 is 0 Å². The molecule has 4 aromatic carbocycles. The van der Waals surface area contributed by atoms with Crippen molar-refractivity contribution in [3.05, 3.63) is 172 Å². The number of carbonyl (C=O) groups is 3. The molecule has 7 aromatic rings. The van der Waals surface area contributed by atoms with Gasteiger partial charge in [0.1, 0.15) is 23.6 Å². The zero-order valence-electron chi connectivity index (χ0n) is 45.9. The molecule has 0 radical (unpaired) electrons. The van der Waals surface area contributed by atoms with Gasteiger partial charge in [-0.05, 0) is 125 Å². The summed E-state index contributed by atoms with van der Waals surface area (Å²) < 4.78 is 7.91. The van der Waals surface area contributed by atoms with Crippen molar-refractivity contribution in [2.75, 3.05) is 65.4 Å². The monoisotopic (exact) mass is 1070 g/mol. The van der Waals surface area contributed by atoms with Crippen LogP contribution in [0.5, 0.6) is 0 Å². The van der Waals surface area contributed by atoms with Crippen LogP contribution in [-0.2, 0) is 17.4 Å². The molecule has 2 aliphatic carbocycles. The zero-order valence-corrected chi connectivity index (χ0v) is 46.9. The van der Waals surface area contributed by atoms with Gasteiger partial charge in [-0.15, -0.1) is 5.16 Å². The third kappa shape index (κ3) is 16.2. The molecule has 6 N–H and O–H groups in total. The molecule has 0 aliphatic heterocycles. The molecule has 0 unspecified atom stereocenters. The summed E-state index contributed by atoms with van der Waals surface area (Å²) in [5, 5.41) is 26.5. The summed E-state index contributed by atoms with van der Waals surface area (Å²) in [7, 11) is 6.00. The molecule has 406 valence electrons. The molecule has 0 saturated heterocycles. The third-order valence-electron chi connectivity index (χ3n) is 13.2. The van der Waals surface area contributed by atoms with Gasteiger partial charge in [-0.1, -0.05) is 74.5 Å². The average Bonchev–Trinajstić information content (AvgIpc) is 4.16. The molecule has 3 aromatic heterocycles. The number of aryl methyl sites for hydroxylation is 2. The number of hydrogen-bond acceptors (Lipinski definition) is 15. The normalized spacial score (nSPS) is 13.5. The fourth-order valence-corrected chi connectivity index (χ4v) is 8.35. The van der Waals surface area contributed by atoms with Gasteiger partial charge in [-0.25, -0.2) is 14.8 Å². The predicted octanol–water partition coefficient (Wildman–Crippen LogP) is 9.31. The average molecular weight is 1070 g/mol. The Balaban J connectivity index is 0.000000193. The predicted molar refractivity (Wildman–Crippen MR) is 311 cm³/mol. The van der Waals surface area contributed by atoms with E-state index in [9.17, 15) is 19.6 Å². The van der Waals surface area contributed by atoms with E-state index in [1.54, 1.807) is 49.1 Å². The minimum Gasteiger partial charge on any atom is -0.455 e. The van der Waals surface area contributed by atoms with Gasteiger partial charge in [-0.3, -0.25) is 28.8 Å². The number of nitrogens with two attached hydrogens (primary N) is 1. The molecular weight excluding hydrogens is 1000 g/mol. The Morgan fingerprint density at radius 1 is 0.808 bits per heavy atom. The molecule has 0 bridgehead atoms. The summed E-state index contributed by atoms with van der Waals surface area (Å²) in [4.78, 5) is 58.4. The lowest BCUT2D eigenvalue weighted by Gasteiger charge is -2.33. The van der Waals surface area contributed by atoms with E-state index in [4.69, 9.17) is 21.8 Å². The molecule has 78 heavy (non-hydrogen) atoms. The Hall–Kier alpha value is -8.64. The Kier molecular flexibility index (Phi) is 20.6. The van der Waals surface area contributed by atoms with Crippen molar-refractivity contribution in [2.45, 2.75) is 64.6 Å². The first-order valence-electron chi connectivity index (χ1n) is 25.5. The van der Waals surface area contributed by atoms with E-state index in [-0.39, 0.29) is 16.9 Å². The van der Waals surface area contributed by atoms with Gasteiger partial charge in [-0.2, -0.15) is 0 Å². The van der Waals surface area contributed by atoms with Crippen molar-refractivity contribution >= 4 is 66.5 Å². The number of rotatable bonds is 14. The van der Waals surface area contributed by atoms with E-state index in [0.717, 1.165) is 95.9 Å². The van der Waals surface area contributed by atoms with Gasteiger partial charge < -0.3 is 41.2 Å². The van der Waals surface area contributed by atoms with Crippen molar-refractivity contribution in [1.29, 1.82) is 0 Å². The van der Waals surface area contributed by atoms with Crippen LogP contribution in [0.2, 0.25) is 18.1 Å². The number of anilines is 3. The highest BCUT2D eigenvalue weighted by Crippen LogP contribution is 2.38. The third-order valence-corrected chi connectivity index (χ3v) is 17.4. The Bertz CT molecular complexity index is 3260. The first-order chi connectivity index (χ1) is 37.3. The molecule has 0 saturated carbocycles. The Morgan fingerprint density at radius 3 is 1.95 bits per heavy atom. The second-order valence-electron chi connectivity index (χ2n) is 20.6. The summed E-state index contributed by atoms with van der Waals surface area (Å²) in [6, 6.07) is 25.9. The molecule has 20 heteroatoms. The van der Waals surface area contributed by atoms with Crippen LogP contribution in [0.25, 0.3) is 21.7 Å². The quantitative estimate of drug-likeness (QED) is 0.0225. The number of imidazole rings is 1. The first-order valence-corrected chi connectivity index (χ1v) is 28.4. The molecular formula is C58H70N14O5Si. The number of carbonyl (C=O) groups excluding carboxylic acids is 3. The molecule has 2 aliphatic rings. The van der Waals surface area contributed by atoms with Crippen molar-refractivity contribution < 1.29 is 24.1 Å². The van der Waals surface area contributed by atoms with Gasteiger partial charge in [0.2, 0.25) is 0 Å². The van der Waals surface area contributed by atoms with Gasteiger partial charge in [0, 0.05) is 84.5 Å². The van der Waals surface area contributed by atoms with E-state index in [1.807, 2.05) is 103 Å². The van der Waals surface area contributed by atoms with Crippen LogP contribution in [0.1, 0.15) is 86.9 Å². The Labute approximate surface area is 457 Å². The fourth-order valence-electron chi connectivity index (χ4n) is 7.74. The number of hydrogen-bond donors (Lipinski definition) is 5. The molecule has 19 nitrogen and oxygen atoms in total. The van der Waals surface area contributed by atoms with Gasteiger partial charge in [0.05, 0.1) is 30.4 Å². The maximum absolute atomic E-state index is 12.5. The van der Waals surface area contributed by atoms with E-state index < -0.39 is 8.32 Å². The van der Waals surface area contributed by atoms with E-state index in [1.165, 1.54) is 11.8 Å².